The predicted octanol–water partition coefficient (Wildman–Crippen LogP) is 3.01. The Morgan fingerprint density at radius 3 is 1.93 bits per heavy atom. The Kier molecular flexibility index (Phi) is 9.62. The van der Waals surface area contributed by atoms with Crippen molar-refractivity contribution in [1.29, 1.82) is 0 Å². The van der Waals surface area contributed by atoms with Crippen LogP contribution in [0.3, 0.4) is 0 Å². The number of ether oxygens (including phenoxy) is 3. The van der Waals surface area contributed by atoms with E-state index in [2.05, 4.69) is 0 Å². The van der Waals surface area contributed by atoms with Crippen LogP contribution >= 0.6 is 11.8 Å². The molecule has 2 aromatic rings. The van der Waals surface area contributed by atoms with Gasteiger partial charge in [0.2, 0.25) is 5.91 Å². The summed E-state index contributed by atoms with van der Waals surface area (Å²) in [6, 6.07) is 10.7. The monoisotopic (exact) mass is 637 g/mol. The first-order valence-corrected chi connectivity index (χ1v) is 15.0. The Morgan fingerprint density at radius 2 is 1.42 bits per heavy atom. The van der Waals surface area contributed by atoms with E-state index in [-0.39, 0.29) is 48.2 Å². The molecule has 0 unspecified atom stereocenters. The van der Waals surface area contributed by atoms with Crippen LogP contribution < -0.4 is 0 Å². The van der Waals surface area contributed by atoms with Crippen LogP contribution in [-0.4, -0.2) is 66.0 Å². The van der Waals surface area contributed by atoms with Crippen LogP contribution in [-0.2, 0) is 51.3 Å². The maximum absolute atomic E-state index is 13.0. The molecule has 1 fully saturated rings. The van der Waals surface area contributed by atoms with Crippen LogP contribution in [0, 0.1) is 26.1 Å². The standard InChI is InChI=1S/C25H23N3O13S2/c1-43(36,37)41-14-20-21(24(30)39-12-15-2-6-17(7-3-15)27(32)33)26-22(29)19(23(26)42-20)10-11-38-25(31)40-13-16-4-8-18(9-5-16)28(34)35/h2-9,19,23H,10-14H2,1H3/t19-,23+/m0/s1. The Labute approximate surface area is 247 Å². The average Bonchev–Trinajstić information content (AvgIpc) is 3.31. The Morgan fingerprint density at radius 1 is 0.884 bits per heavy atom. The number of carbonyl (C=O) groups excluding carboxylic acids is 3. The lowest BCUT2D eigenvalue weighted by molar-refractivity contribution is -0.385. The first kappa shape index (κ1) is 31.4. The first-order valence-electron chi connectivity index (χ1n) is 12.3. The summed E-state index contributed by atoms with van der Waals surface area (Å²) in [6.07, 6.45) is -0.108. The SMILES string of the molecule is CS(=O)(=O)OCC1=C(C(=O)OCc2ccc([N+](=O)[O-])cc2)N2C(=O)[C@H](CCOC(=O)OCc3ccc([N+](=O)[O-])cc3)[C@H]2S1. The number of nitro benzene ring substituents is 2. The third kappa shape index (κ3) is 7.85. The number of hydrogen-bond acceptors (Lipinski definition) is 14. The molecule has 2 atom stereocenters. The average molecular weight is 638 g/mol. The van der Waals surface area contributed by atoms with Gasteiger partial charge in [0, 0.05) is 29.2 Å². The molecule has 18 heteroatoms. The van der Waals surface area contributed by atoms with Gasteiger partial charge in [-0.05, 0) is 41.8 Å². The quantitative estimate of drug-likeness (QED) is 0.102. The third-order valence-electron chi connectivity index (χ3n) is 6.19. The highest BCUT2D eigenvalue weighted by atomic mass is 32.2. The molecule has 1 saturated heterocycles. The van der Waals surface area contributed by atoms with Crippen molar-refractivity contribution in [3.8, 4) is 0 Å². The second-order valence-electron chi connectivity index (χ2n) is 9.16. The highest BCUT2D eigenvalue weighted by Gasteiger charge is 2.56. The molecule has 0 aliphatic carbocycles. The molecule has 228 valence electrons. The van der Waals surface area contributed by atoms with E-state index in [1.54, 1.807) is 0 Å². The lowest BCUT2D eigenvalue weighted by Crippen LogP contribution is -2.57. The molecule has 16 nitrogen and oxygen atoms in total. The molecule has 0 spiro atoms. The topological polar surface area (TPSA) is 212 Å². The minimum atomic E-state index is -3.88. The number of nitrogens with zero attached hydrogens (tertiary/aromatic N) is 3. The summed E-state index contributed by atoms with van der Waals surface area (Å²) < 4.78 is 43.3. The minimum Gasteiger partial charge on any atom is -0.456 e. The summed E-state index contributed by atoms with van der Waals surface area (Å²) >= 11 is 1.05. The van der Waals surface area contributed by atoms with Crippen LogP contribution in [0.15, 0.2) is 59.1 Å². The van der Waals surface area contributed by atoms with Crippen molar-refractivity contribution in [1.82, 2.24) is 4.90 Å². The van der Waals surface area contributed by atoms with Gasteiger partial charge in [0.05, 0.1) is 40.6 Å². The molecule has 0 N–H and O–H groups in total. The van der Waals surface area contributed by atoms with E-state index in [9.17, 15) is 43.0 Å². The molecule has 0 radical (unpaired) electrons. The number of rotatable bonds is 13. The van der Waals surface area contributed by atoms with Gasteiger partial charge >= 0.3 is 12.1 Å². The van der Waals surface area contributed by atoms with Crippen LogP contribution in [0.4, 0.5) is 16.2 Å². The summed E-state index contributed by atoms with van der Waals surface area (Å²) in [5, 5.41) is 20.9. The molecule has 43 heavy (non-hydrogen) atoms. The molecule has 0 bridgehead atoms. The van der Waals surface area contributed by atoms with Crippen LogP contribution in [0.5, 0.6) is 0 Å². The smallest absolute Gasteiger partial charge is 0.456 e. The summed E-state index contributed by atoms with van der Waals surface area (Å²) in [5.74, 6) is -2.07. The zero-order valence-electron chi connectivity index (χ0n) is 22.3. The fourth-order valence-electron chi connectivity index (χ4n) is 4.07. The number of amides is 1. The largest absolute Gasteiger partial charge is 0.508 e. The lowest BCUT2D eigenvalue weighted by atomic mass is 9.94. The van der Waals surface area contributed by atoms with Crippen LogP contribution in [0.25, 0.3) is 0 Å². The van der Waals surface area contributed by atoms with Gasteiger partial charge in [-0.1, -0.05) is 11.8 Å². The number of esters is 1. The van der Waals surface area contributed by atoms with Gasteiger partial charge in [-0.3, -0.25) is 34.1 Å². The van der Waals surface area contributed by atoms with Crippen LogP contribution in [0.2, 0.25) is 0 Å². The number of hydrogen-bond donors (Lipinski definition) is 0. The maximum Gasteiger partial charge on any atom is 0.508 e. The van der Waals surface area contributed by atoms with Gasteiger partial charge in [0.25, 0.3) is 21.5 Å². The second kappa shape index (κ2) is 13.2. The van der Waals surface area contributed by atoms with Crippen molar-refractivity contribution in [3.05, 3.63) is 90.5 Å². The van der Waals surface area contributed by atoms with E-state index in [0.29, 0.717) is 11.1 Å². The third-order valence-corrected chi connectivity index (χ3v) is 8.11. The fourth-order valence-corrected chi connectivity index (χ4v) is 5.92. The molecular weight excluding hydrogens is 614 g/mol. The molecular formula is C25H23N3O13S2. The summed E-state index contributed by atoms with van der Waals surface area (Å²) in [7, 11) is -3.88. The fraction of sp³-hybridized carbons (Fsp3) is 0.320. The van der Waals surface area contributed by atoms with Gasteiger partial charge < -0.3 is 14.2 Å². The zero-order chi connectivity index (χ0) is 31.3. The molecule has 2 aliphatic rings. The van der Waals surface area contributed by atoms with Crippen LogP contribution in [0.1, 0.15) is 17.5 Å². The molecule has 2 aromatic carbocycles. The van der Waals surface area contributed by atoms with Crippen molar-refractivity contribution in [2.75, 3.05) is 19.5 Å². The van der Waals surface area contributed by atoms with Crippen molar-refractivity contribution < 1.29 is 51.0 Å². The van der Waals surface area contributed by atoms with Crippen molar-refractivity contribution in [3.63, 3.8) is 0 Å². The van der Waals surface area contributed by atoms with E-state index in [4.69, 9.17) is 18.4 Å². The Bertz CT molecular complexity index is 1570. The van der Waals surface area contributed by atoms with E-state index in [0.717, 1.165) is 18.0 Å². The van der Waals surface area contributed by atoms with Gasteiger partial charge in [-0.2, -0.15) is 8.42 Å². The number of benzene rings is 2. The predicted molar refractivity (Wildman–Crippen MR) is 146 cm³/mol. The highest BCUT2D eigenvalue weighted by Crippen LogP contribution is 2.50. The number of non-ortho nitro benzene ring substituents is 2. The Hall–Kier alpha value is -4.55. The highest BCUT2D eigenvalue weighted by molar-refractivity contribution is 8.04. The molecule has 2 heterocycles. The number of carbonyl (C=O) groups is 3. The van der Waals surface area contributed by atoms with Crippen molar-refractivity contribution >= 4 is 51.3 Å². The summed E-state index contributed by atoms with van der Waals surface area (Å²) in [5.41, 5.74) is 0.507. The van der Waals surface area contributed by atoms with Gasteiger partial charge in [-0.25, -0.2) is 9.59 Å². The maximum atomic E-state index is 13.0. The van der Waals surface area contributed by atoms with E-state index in [1.165, 1.54) is 53.4 Å². The molecule has 2 aliphatic heterocycles. The molecule has 1 amide bonds. The Balaban J connectivity index is 1.32. The van der Waals surface area contributed by atoms with Gasteiger partial charge in [-0.15, -0.1) is 0 Å². The second-order valence-corrected chi connectivity index (χ2v) is 12.0. The van der Waals surface area contributed by atoms with Crippen molar-refractivity contribution in [2.24, 2.45) is 5.92 Å². The van der Waals surface area contributed by atoms with Gasteiger partial charge in [0.1, 0.15) is 18.9 Å². The lowest BCUT2D eigenvalue weighted by Gasteiger charge is -2.42. The minimum absolute atomic E-state index is 0.0744. The number of fused-ring (bicyclic) bond motifs is 1. The summed E-state index contributed by atoms with van der Waals surface area (Å²) in [4.78, 5) is 59.7. The normalized spacial score (nSPS) is 17.6. The number of nitro groups is 2. The number of thioether (sulfide) groups is 1. The summed E-state index contributed by atoms with van der Waals surface area (Å²) in [6.45, 7) is -1.17. The van der Waals surface area contributed by atoms with E-state index >= 15 is 0 Å². The van der Waals surface area contributed by atoms with Gasteiger partial charge in [0.15, 0.2) is 0 Å². The van der Waals surface area contributed by atoms with Crippen molar-refractivity contribution in [2.45, 2.75) is 25.0 Å². The van der Waals surface area contributed by atoms with E-state index < -0.39 is 55.9 Å². The first-order chi connectivity index (χ1) is 20.3. The van der Waals surface area contributed by atoms with E-state index in [1.807, 2.05) is 0 Å². The molecule has 0 aromatic heterocycles. The number of β-lactam (4-membered cyclic amide) rings is 1. The zero-order valence-corrected chi connectivity index (χ0v) is 23.9. The molecule has 4 rings (SSSR count). The molecule has 0 saturated carbocycles.